The van der Waals surface area contributed by atoms with E-state index in [1.165, 1.54) is 11.3 Å². The number of benzene rings is 1. The average molecular weight is 372 g/mol. The summed E-state index contributed by atoms with van der Waals surface area (Å²) in [6, 6.07) is 8.08. The molecular formula is C20H25N3O2S. The van der Waals surface area contributed by atoms with Crippen molar-refractivity contribution in [3.05, 3.63) is 29.3 Å². The van der Waals surface area contributed by atoms with Crippen molar-refractivity contribution in [1.82, 2.24) is 15.6 Å². The quantitative estimate of drug-likeness (QED) is 0.869. The first-order chi connectivity index (χ1) is 12.6. The van der Waals surface area contributed by atoms with Gasteiger partial charge in [0.2, 0.25) is 5.91 Å². The SMILES string of the molecule is CCC1C(=O)NC2CC(NC(=O)c3nc4ccccc4s3)CCC2C1C. The van der Waals surface area contributed by atoms with E-state index >= 15 is 0 Å². The Morgan fingerprint density at radius 3 is 2.92 bits per heavy atom. The minimum absolute atomic E-state index is 0.0986. The van der Waals surface area contributed by atoms with Crippen molar-refractivity contribution in [3.8, 4) is 0 Å². The Bertz CT molecular complexity index is 800. The molecule has 2 amide bonds. The molecule has 0 bridgehead atoms. The van der Waals surface area contributed by atoms with Crippen LogP contribution >= 0.6 is 11.3 Å². The molecule has 5 atom stereocenters. The summed E-state index contributed by atoms with van der Waals surface area (Å²) in [4.78, 5) is 29.4. The number of piperidine rings is 1. The zero-order valence-electron chi connectivity index (χ0n) is 15.2. The number of carbonyl (C=O) groups excluding carboxylic acids is 2. The van der Waals surface area contributed by atoms with E-state index in [2.05, 4.69) is 29.5 Å². The molecular weight excluding hydrogens is 346 g/mol. The highest BCUT2D eigenvalue weighted by atomic mass is 32.1. The summed E-state index contributed by atoms with van der Waals surface area (Å²) in [7, 11) is 0. The van der Waals surface area contributed by atoms with Crippen molar-refractivity contribution in [2.24, 2.45) is 17.8 Å². The number of aromatic nitrogens is 1. The average Bonchev–Trinajstić information content (AvgIpc) is 3.06. The molecule has 1 aliphatic carbocycles. The van der Waals surface area contributed by atoms with Crippen LogP contribution in [0.5, 0.6) is 0 Å². The second kappa shape index (κ2) is 6.99. The molecule has 2 N–H and O–H groups in total. The Balaban J connectivity index is 1.42. The fraction of sp³-hybridized carbons (Fsp3) is 0.550. The van der Waals surface area contributed by atoms with Crippen LogP contribution in [0.4, 0.5) is 0 Å². The number of rotatable bonds is 3. The summed E-state index contributed by atoms with van der Waals surface area (Å²) < 4.78 is 1.03. The van der Waals surface area contributed by atoms with Crippen LogP contribution in [-0.4, -0.2) is 28.9 Å². The van der Waals surface area contributed by atoms with Gasteiger partial charge in [-0.3, -0.25) is 9.59 Å². The fourth-order valence-electron chi connectivity index (χ4n) is 4.72. The third-order valence-electron chi connectivity index (χ3n) is 6.14. The number of nitrogens with one attached hydrogen (secondary N) is 2. The molecule has 0 radical (unpaired) electrons. The lowest BCUT2D eigenvalue weighted by Gasteiger charge is -2.46. The number of hydrogen-bond donors (Lipinski definition) is 2. The minimum atomic E-state index is -0.101. The molecule has 1 aromatic heterocycles. The van der Waals surface area contributed by atoms with Crippen molar-refractivity contribution in [1.29, 1.82) is 0 Å². The standard InChI is InChI=1S/C20H25N3O2S/c1-3-13-11(2)14-9-8-12(10-16(14)22-18(13)24)21-19(25)20-23-15-6-4-5-7-17(15)26-20/h4-7,11-14,16H,3,8-10H2,1-2H3,(H,21,25)(H,22,24). The van der Waals surface area contributed by atoms with Crippen molar-refractivity contribution < 1.29 is 9.59 Å². The largest absolute Gasteiger partial charge is 0.353 e. The van der Waals surface area contributed by atoms with E-state index in [4.69, 9.17) is 0 Å². The number of fused-ring (bicyclic) bond motifs is 2. The van der Waals surface area contributed by atoms with Crippen LogP contribution in [0.1, 0.15) is 49.3 Å². The Morgan fingerprint density at radius 1 is 1.35 bits per heavy atom. The smallest absolute Gasteiger partial charge is 0.280 e. The first kappa shape index (κ1) is 17.5. The molecule has 4 rings (SSSR count). The predicted molar refractivity (Wildman–Crippen MR) is 103 cm³/mol. The van der Waals surface area contributed by atoms with E-state index in [0.29, 0.717) is 16.8 Å². The van der Waals surface area contributed by atoms with E-state index in [1.54, 1.807) is 0 Å². The molecule has 5 nitrogen and oxygen atoms in total. The first-order valence-corrected chi connectivity index (χ1v) is 10.3. The summed E-state index contributed by atoms with van der Waals surface area (Å²) in [6.07, 6.45) is 3.73. The van der Waals surface area contributed by atoms with Gasteiger partial charge in [-0.05, 0) is 49.7 Å². The summed E-state index contributed by atoms with van der Waals surface area (Å²) >= 11 is 1.43. The second-order valence-corrected chi connectivity index (χ2v) is 8.65. The molecule has 5 unspecified atom stereocenters. The number of carbonyl (C=O) groups is 2. The minimum Gasteiger partial charge on any atom is -0.353 e. The molecule has 138 valence electrons. The lowest BCUT2D eigenvalue weighted by molar-refractivity contribution is -0.133. The number of hydrogen-bond acceptors (Lipinski definition) is 4. The highest BCUT2D eigenvalue weighted by molar-refractivity contribution is 7.20. The number of para-hydroxylation sites is 1. The molecule has 2 fully saturated rings. The van der Waals surface area contributed by atoms with Gasteiger partial charge in [0.1, 0.15) is 0 Å². The van der Waals surface area contributed by atoms with Gasteiger partial charge in [-0.2, -0.15) is 0 Å². The van der Waals surface area contributed by atoms with Crippen LogP contribution in [0.2, 0.25) is 0 Å². The van der Waals surface area contributed by atoms with Crippen LogP contribution in [-0.2, 0) is 4.79 Å². The second-order valence-electron chi connectivity index (χ2n) is 7.62. The van der Waals surface area contributed by atoms with Gasteiger partial charge in [-0.15, -0.1) is 11.3 Å². The number of amides is 2. The summed E-state index contributed by atoms with van der Waals surface area (Å²) in [5.41, 5.74) is 0.866. The van der Waals surface area contributed by atoms with Crippen LogP contribution in [0.15, 0.2) is 24.3 Å². The Hall–Kier alpha value is -1.95. The Kier molecular flexibility index (Phi) is 4.69. The van der Waals surface area contributed by atoms with Gasteiger partial charge in [0.15, 0.2) is 5.01 Å². The molecule has 2 heterocycles. The number of nitrogens with zero attached hydrogens (tertiary/aromatic N) is 1. The molecule has 1 saturated heterocycles. The van der Waals surface area contributed by atoms with Gasteiger partial charge < -0.3 is 10.6 Å². The van der Waals surface area contributed by atoms with Crippen molar-refractivity contribution in [2.75, 3.05) is 0 Å². The zero-order valence-corrected chi connectivity index (χ0v) is 16.0. The van der Waals surface area contributed by atoms with Crippen molar-refractivity contribution in [2.45, 2.75) is 51.6 Å². The summed E-state index contributed by atoms with van der Waals surface area (Å²) in [5.74, 6) is 1.15. The molecule has 6 heteroatoms. The molecule has 2 aliphatic rings. The molecule has 1 aliphatic heterocycles. The topological polar surface area (TPSA) is 71.1 Å². The normalized spacial score (nSPS) is 31.3. The lowest BCUT2D eigenvalue weighted by Crippen LogP contribution is -2.58. The van der Waals surface area contributed by atoms with Gasteiger partial charge >= 0.3 is 0 Å². The fourth-order valence-corrected chi connectivity index (χ4v) is 5.59. The highest BCUT2D eigenvalue weighted by Gasteiger charge is 2.43. The number of thiazole rings is 1. The van der Waals surface area contributed by atoms with Crippen LogP contribution in [0, 0.1) is 17.8 Å². The van der Waals surface area contributed by atoms with Gasteiger partial charge in [0.05, 0.1) is 10.2 Å². The molecule has 1 saturated carbocycles. The van der Waals surface area contributed by atoms with E-state index in [0.717, 1.165) is 35.9 Å². The first-order valence-electron chi connectivity index (χ1n) is 9.53. The van der Waals surface area contributed by atoms with Crippen LogP contribution in [0.25, 0.3) is 10.2 Å². The van der Waals surface area contributed by atoms with Crippen LogP contribution in [0.3, 0.4) is 0 Å². The zero-order chi connectivity index (χ0) is 18.3. The van der Waals surface area contributed by atoms with E-state index in [9.17, 15) is 9.59 Å². The van der Waals surface area contributed by atoms with Gasteiger partial charge in [0, 0.05) is 18.0 Å². The molecule has 1 aromatic carbocycles. The predicted octanol–water partition coefficient (Wildman–Crippen LogP) is 3.36. The molecule has 0 spiro atoms. The van der Waals surface area contributed by atoms with E-state index in [1.807, 2.05) is 24.3 Å². The van der Waals surface area contributed by atoms with Crippen molar-refractivity contribution in [3.63, 3.8) is 0 Å². The highest BCUT2D eigenvalue weighted by Crippen LogP contribution is 2.39. The van der Waals surface area contributed by atoms with Crippen molar-refractivity contribution >= 4 is 33.4 Å². The summed E-state index contributed by atoms with van der Waals surface area (Å²) in [5, 5.41) is 6.87. The maximum atomic E-state index is 12.6. The Morgan fingerprint density at radius 2 is 2.15 bits per heavy atom. The monoisotopic (exact) mass is 371 g/mol. The van der Waals surface area contributed by atoms with E-state index < -0.39 is 0 Å². The third kappa shape index (κ3) is 3.11. The van der Waals surface area contributed by atoms with Gasteiger partial charge in [0.25, 0.3) is 5.91 Å². The van der Waals surface area contributed by atoms with E-state index in [-0.39, 0.29) is 29.8 Å². The summed E-state index contributed by atoms with van der Waals surface area (Å²) in [6.45, 7) is 4.30. The maximum absolute atomic E-state index is 12.6. The molecule has 26 heavy (non-hydrogen) atoms. The molecule has 2 aromatic rings. The van der Waals surface area contributed by atoms with Crippen LogP contribution < -0.4 is 10.6 Å². The maximum Gasteiger partial charge on any atom is 0.280 e. The van der Waals surface area contributed by atoms with Gasteiger partial charge in [-0.25, -0.2) is 4.98 Å². The Labute approximate surface area is 157 Å². The third-order valence-corrected chi connectivity index (χ3v) is 7.18. The van der Waals surface area contributed by atoms with Gasteiger partial charge in [-0.1, -0.05) is 26.0 Å². The lowest BCUT2D eigenvalue weighted by atomic mass is 9.67.